The third kappa shape index (κ3) is 2.89. The number of carbonyl (C=O) groups excluding carboxylic acids is 1. The van der Waals surface area contributed by atoms with Gasteiger partial charge in [-0.2, -0.15) is 10.4 Å². The number of hydrogen-bond donors (Lipinski definition) is 0. The van der Waals surface area contributed by atoms with E-state index < -0.39 is 0 Å². The van der Waals surface area contributed by atoms with Gasteiger partial charge in [-0.3, -0.25) is 19.3 Å². The highest BCUT2D eigenvalue weighted by molar-refractivity contribution is 5.98. The minimum absolute atomic E-state index is 0.0750. The Labute approximate surface area is 153 Å². The van der Waals surface area contributed by atoms with Gasteiger partial charge in [0.05, 0.1) is 12.3 Å². The summed E-state index contributed by atoms with van der Waals surface area (Å²) in [4.78, 5) is 16.8. The smallest absolute Gasteiger partial charge is 0.228 e. The molecule has 1 fully saturated rings. The Morgan fingerprint density at radius 3 is 2.73 bits per heavy atom. The molecular formula is C20H23N5O. The predicted molar refractivity (Wildman–Crippen MR) is 98.4 cm³/mol. The van der Waals surface area contributed by atoms with Crippen molar-refractivity contribution in [2.75, 3.05) is 24.5 Å². The van der Waals surface area contributed by atoms with E-state index in [9.17, 15) is 4.79 Å². The number of fused-ring (bicyclic) bond motifs is 2. The first kappa shape index (κ1) is 16.8. The number of aromatic nitrogens is 2. The third-order valence-corrected chi connectivity index (χ3v) is 5.76. The zero-order chi connectivity index (χ0) is 18.1. The van der Waals surface area contributed by atoms with Crippen LogP contribution in [0, 0.1) is 11.3 Å². The van der Waals surface area contributed by atoms with Crippen molar-refractivity contribution in [3.63, 3.8) is 0 Å². The number of hydrogen-bond acceptors (Lipinski definition) is 4. The Kier molecular flexibility index (Phi) is 4.25. The molecule has 2 aliphatic rings. The second kappa shape index (κ2) is 6.58. The molecule has 134 valence electrons. The summed E-state index contributed by atoms with van der Waals surface area (Å²) in [6, 6.07) is 10.2. The Hall–Kier alpha value is -2.65. The number of piperidine rings is 1. The summed E-state index contributed by atoms with van der Waals surface area (Å²) in [6.07, 6.45) is 6.42. The number of para-hydroxylation sites is 1. The molecule has 2 aromatic rings. The lowest BCUT2D eigenvalue weighted by Gasteiger charge is -2.47. The average Bonchev–Trinajstić information content (AvgIpc) is 3.05. The maximum absolute atomic E-state index is 12.7. The largest absolute Gasteiger partial charge is 0.299 e. The first-order valence-electron chi connectivity index (χ1n) is 9.08. The van der Waals surface area contributed by atoms with Crippen LogP contribution in [0.2, 0.25) is 0 Å². The van der Waals surface area contributed by atoms with Gasteiger partial charge in [0, 0.05) is 42.9 Å². The van der Waals surface area contributed by atoms with Crippen LogP contribution < -0.4 is 4.90 Å². The number of anilines is 1. The van der Waals surface area contributed by atoms with E-state index in [1.165, 1.54) is 11.1 Å². The monoisotopic (exact) mass is 349 g/mol. The fourth-order valence-electron chi connectivity index (χ4n) is 4.41. The van der Waals surface area contributed by atoms with Gasteiger partial charge in [0.25, 0.3) is 0 Å². The van der Waals surface area contributed by atoms with Gasteiger partial charge in [0.2, 0.25) is 5.91 Å². The van der Waals surface area contributed by atoms with E-state index in [0.717, 1.165) is 38.2 Å². The van der Waals surface area contributed by atoms with Crippen molar-refractivity contribution in [3.05, 3.63) is 47.8 Å². The van der Waals surface area contributed by atoms with Gasteiger partial charge in [0.15, 0.2) is 0 Å². The number of amides is 1. The van der Waals surface area contributed by atoms with Crippen LogP contribution in [0.25, 0.3) is 0 Å². The predicted octanol–water partition coefficient (Wildman–Crippen LogP) is 2.21. The molecule has 1 aromatic carbocycles. The lowest BCUT2D eigenvalue weighted by atomic mass is 9.67. The van der Waals surface area contributed by atoms with Gasteiger partial charge in [-0.25, -0.2) is 0 Å². The van der Waals surface area contributed by atoms with Crippen molar-refractivity contribution in [2.24, 2.45) is 7.05 Å². The highest BCUT2D eigenvalue weighted by atomic mass is 16.2. The molecule has 26 heavy (non-hydrogen) atoms. The molecule has 6 nitrogen and oxygen atoms in total. The van der Waals surface area contributed by atoms with E-state index in [-0.39, 0.29) is 17.9 Å². The highest BCUT2D eigenvalue weighted by Crippen LogP contribution is 2.46. The Morgan fingerprint density at radius 1 is 1.27 bits per heavy atom. The van der Waals surface area contributed by atoms with E-state index in [0.29, 0.717) is 6.42 Å². The second-order valence-electron chi connectivity index (χ2n) is 7.41. The number of aryl methyl sites for hydroxylation is 1. The molecule has 0 unspecified atom stereocenters. The molecule has 0 N–H and O–H groups in total. The number of nitrogens with zero attached hydrogens (tertiary/aromatic N) is 5. The van der Waals surface area contributed by atoms with Gasteiger partial charge in [-0.05, 0) is 37.6 Å². The van der Waals surface area contributed by atoms with Gasteiger partial charge in [-0.1, -0.05) is 18.2 Å². The normalized spacial score (nSPS) is 19.4. The Bertz CT molecular complexity index is 857. The van der Waals surface area contributed by atoms with Crippen LogP contribution >= 0.6 is 0 Å². The number of nitriles is 1. The van der Waals surface area contributed by atoms with Crippen molar-refractivity contribution in [2.45, 2.75) is 31.2 Å². The van der Waals surface area contributed by atoms with E-state index >= 15 is 0 Å². The number of likely N-dealkylation sites (tertiary alicyclic amines) is 1. The minimum atomic E-state index is -0.0922. The van der Waals surface area contributed by atoms with Crippen LogP contribution in [0.15, 0.2) is 36.7 Å². The third-order valence-electron chi connectivity index (χ3n) is 5.76. The van der Waals surface area contributed by atoms with E-state index in [2.05, 4.69) is 28.3 Å². The lowest BCUT2D eigenvalue weighted by molar-refractivity contribution is -0.120. The molecule has 6 heteroatoms. The van der Waals surface area contributed by atoms with Crippen molar-refractivity contribution in [1.29, 1.82) is 5.26 Å². The van der Waals surface area contributed by atoms with Crippen LogP contribution in [0.1, 0.15) is 30.4 Å². The summed E-state index contributed by atoms with van der Waals surface area (Å²) in [5.41, 5.74) is 3.29. The van der Waals surface area contributed by atoms with Crippen LogP contribution in [-0.2, 0) is 23.8 Å². The summed E-state index contributed by atoms with van der Waals surface area (Å²) in [5, 5.41) is 13.3. The molecule has 1 aromatic heterocycles. The standard InChI is InChI=1S/C20H23N5O/c1-23-14-16(13-22-23)15-24-9-6-20(7-10-24)12-19(26)25(11-8-21)18-5-3-2-4-17(18)20/h2-5,13-14H,6-7,9-12,15H2,1H3. The number of rotatable bonds is 3. The maximum atomic E-state index is 12.7. The van der Waals surface area contributed by atoms with Crippen LogP contribution in [0.5, 0.6) is 0 Å². The van der Waals surface area contributed by atoms with Crippen molar-refractivity contribution in [1.82, 2.24) is 14.7 Å². The van der Waals surface area contributed by atoms with Gasteiger partial charge < -0.3 is 0 Å². The van der Waals surface area contributed by atoms with Gasteiger partial charge in [-0.15, -0.1) is 0 Å². The second-order valence-corrected chi connectivity index (χ2v) is 7.41. The molecular weight excluding hydrogens is 326 g/mol. The van der Waals surface area contributed by atoms with Crippen molar-refractivity contribution < 1.29 is 4.79 Å². The topological polar surface area (TPSA) is 65.2 Å². The molecule has 0 radical (unpaired) electrons. The number of carbonyl (C=O) groups is 1. The fraction of sp³-hybridized carbons (Fsp3) is 0.450. The number of benzene rings is 1. The zero-order valence-corrected chi connectivity index (χ0v) is 15.1. The molecule has 1 spiro atoms. The summed E-state index contributed by atoms with van der Waals surface area (Å²) in [6.45, 7) is 2.96. The Balaban J connectivity index is 1.55. The van der Waals surface area contributed by atoms with Crippen LogP contribution in [-0.4, -0.2) is 40.2 Å². The highest BCUT2D eigenvalue weighted by Gasteiger charge is 2.44. The molecule has 1 amide bonds. The quantitative estimate of drug-likeness (QED) is 0.797. The zero-order valence-electron chi connectivity index (χ0n) is 15.1. The van der Waals surface area contributed by atoms with E-state index in [4.69, 9.17) is 5.26 Å². The lowest BCUT2D eigenvalue weighted by Crippen LogP contribution is -2.50. The minimum Gasteiger partial charge on any atom is -0.299 e. The molecule has 0 bridgehead atoms. The van der Waals surface area contributed by atoms with Crippen molar-refractivity contribution >= 4 is 11.6 Å². The van der Waals surface area contributed by atoms with Crippen LogP contribution in [0.3, 0.4) is 0 Å². The molecule has 4 rings (SSSR count). The summed E-state index contributed by atoms with van der Waals surface area (Å²) in [5.74, 6) is 0.0750. The van der Waals surface area contributed by atoms with Crippen molar-refractivity contribution in [3.8, 4) is 6.07 Å². The molecule has 0 saturated carbocycles. The SMILES string of the molecule is Cn1cc(CN2CCC3(CC2)CC(=O)N(CC#N)c2ccccc23)cn1. The molecule has 0 atom stereocenters. The average molecular weight is 349 g/mol. The summed E-state index contributed by atoms with van der Waals surface area (Å²) >= 11 is 0. The van der Waals surface area contributed by atoms with E-state index in [1.54, 1.807) is 4.90 Å². The fourth-order valence-corrected chi connectivity index (χ4v) is 4.41. The van der Waals surface area contributed by atoms with E-state index in [1.807, 2.05) is 36.1 Å². The van der Waals surface area contributed by atoms with Crippen LogP contribution in [0.4, 0.5) is 5.69 Å². The molecule has 0 aliphatic carbocycles. The Morgan fingerprint density at radius 2 is 2.04 bits per heavy atom. The van der Waals surface area contributed by atoms with Gasteiger partial charge >= 0.3 is 0 Å². The summed E-state index contributed by atoms with van der Waals surface area (Å²) in [7, 11) is 1.94. The molecule has 2 aliphatic heterocycles. The summed E-state index contributed by atoms with van der Waals surface area (Å²) < 4.78 is 1.83. The maximum Gasteiger partial charge on any atom is 0.228 e. The van der Waals surface area contributed by atoms with Gasteiger partial charge in [0.1, 0.15) is 6.54 Å². The first-order chi connectivity index (χ1) is 12.6. The molecule has 1 saturated heterocycles. The molecule has 3 heterocycles. The first-order valence-corrected chi connectivity index (χ1v) is 9.08.